The quantitative estimate of drug-likeness (QED) is 0.531. The van der Waals surface area contributed by atoms with Crippen molar-refractivity contribution in [2.45, 2.75) is 0 Å². The lowest BCUT2D eigenvalue weighted by atomic mass is 9.76. The molecule has 0 spiro atoms. The molecule has 4 rings (SSSR count). The van der Waals surface area contributed by atoms with Crippen molar-refractivity contribution in [3.05, 3.63) is 53.6 Å². The molecule has 0 fully saturated rings. The minimum absolute atomic E-state index is 0.459. The molecular formula is C16H10BClO3. The van der Waals surface area contributed by atoms with Crippen LogP contribution in [0.15, 0.2) is 52.9 Å². The molecule has 0 aliphatic carbocycles. The van der Waals surface area contributed by atoms with E-state index in [-0.39, 0.29) is 0 Å². The Morgan fingerprint density at radius 3 is 2.38 bits per heavy atom. The number of benzene rings is 3. The first-order valence-corrected chi connectivity index (χ1v) is 6.92. The van der Waals surface area contributed by atoms with Crippen molar-refractivity contribution < 1.29 is 14.5 Å². The maximum atomic E-state index is 9.64. The number of halogens is 1. The summed E-state index contributed by atoms with van der Waals surface area (Å²) < 4.78 is 5.93. The minimum atomic E-state index is -1.54. The van der Waals surface area contributed by atoms with Gasteiger partial charge in [0.1, 0.15) is 11.2 Å². The van der Waals surface area contributed by atoms with Crippen molar-refractivity contribution >= 4 is 56.9 Å². The third-order valence-corrected chi connectivity index (χ3v) is 3.98. The van der Waals surface area contributed by atoms with Gasteiger partial charge < -0.3 is 14.5 Å². The van der Waals surface area contributed by atoms with E-state index in [0.717, 1.165) is 32.7 Å². The summed E-state index contributed by atoms with van der Waals surface area (Å²) in [6.07, 6.45) is 0. The van der Waals surface area contributed by atoms with Gasteiger partial charge in [-0.25, -0.2) is 0 Å². The van der Waals surface area contributed by atoms with E-state index in [1.807, 2.05) is 36.4 Å². The zero-order chi connectivity index (χ0) is 14.6. The molecule has 0 aliphatic rings. The number of furan rings is 1. The van der Waals surface area contributed by atoms with Gasteiger partial charge in [0.25, 0.3) is 0 Å². The highest BCUT2D eigenvalue weighted by Gasteiger charge is 2.19. The Hall–Kier alpha value is -2.01. The molecule has 1 aromatic heterocycles. The van der Waals surface area contributed by atoms with E-state index in [9.17, 15) is 10.0 Å². The first kappa shape index (κ1) is 12.7. The molecule has 21 heavy (non-hydrogen) atoms. The number of rotatable bonds is 1. The summed E-state index contributed by atoms with van der Waals surface area (Å²) in [6, 6.07) is 14.7. The smallest absolute Gasteiger partial charge is 0.455 e. The van der Waals surface area contributed by atoms with Crippen LogP contribution in [0.3, 0.4) is 0 Å². The molecule has 5 heteroatoms. The summed E-state index contributed by atoms with van der Waals surface area (Å²) in [6.45, 7) is 0. The molecule has 0 aliphatic heterocycles. The second-order valence-electron chi connectivity index (χ2n) is 5.00. The van der Waals surface area contributed by atoms with E-state index in [4.69, 9.17) is 16.0 Å². The monoisotopic (exact) mass is 296 g/mol. The lowest BCUT2D eigenvalue weighted by molar-refractivity contribution is 0.426. The molecule has 0 amide bonds. The first-order chi connectivity index (χ1) is 10.1. The van der Waals surface area contributed by atoms with Crippen LogP contribution in [0.5, 0.6) is 0 Å². The zero-order valence-electron chi connectivity index (χ0n) is 10.9. The highest BCUT2D eigenvalue weighted by Crippen LogP contribution is 2.34. The summed E-state index contributed by atoms with van der Waals surface area (Å²) in [4.78, 5) is 0. The van der Waals surface area contributed by atoms with Crippen molar-refractivity contribution in [1.29, 1.82) is 0 Å². The van der Waals surface area contributed by atoms with Crippen LogP contribution in [-0.2, 0) is 0 Å². The van der Waals surface area contributed by atoms with Crippen LogP contribution >= 0.6 is 11.6 Å². The Bertz CT molecular complexity index is 991. The van der Waals surface area contributed by atoms with Crippen molar-refractivity contribution in [3.8, 4) is 0 Å². The van der Waals surface area contributed by atoms with Gasteiger partial charge in [0.2, 0.25) is 0 Å². The molecule has 0 atom stereocenters. The molecule has 0 saturated heterocycles. The van der Waals surface area contributed by atoms with E-state index in [1.165, 1.54) is 0 Å². The van der Waals surface area contributed by atoms with Crippen LogP contribution in [0.25, 0.3) is 32.7 Å². The predicted molar refractivity (Wildman–Crippen MR) is 86.1 cm³/mol. The molecular weight excluding hydrogens is 286 g/mol. The molecule has 102 valence electrons. The Morgan fingerprint density at radius 2 is 1.62 bits per heavy atom. The topological polar surface area (TPSA) is 53.6 Å². The summed E-state index contributed by atoms with van der Waals surface area (Å²) in [5.74, 6) is 0. The van der Waals surface area contributed by atoms with Gasteiger partial charge in [-0.1, -0.05) is 41.9 Å². The van der Waals surface area contributed by atoms with Gasteiger partial charge >= 0.3 is 7.12 Å². The summed E-state index contributed by atoms with van der Waals surface area (Å²) in [5.41, 5.74) is 1.91. The third-order valence-electron chi connectivity index (χ3n) is 3.75. The normalized spacial score (nSPS) is 11.6. The van der Waals surface area contributed by atoms with Gasteiger partial charge in [-0.3, -0.25) is 0 Å². The van der Waals surface area contributed by atoms with E-state index in [2.05, 4.69) is 0 Å². The number of hydrogen-bond acceptors (Lipinski definition) is 3. The van der Waals surface area contributed by atoms with Crippen molar-refractivity contribution in [3.63, 3.8) is 0 Å². The third kappa shape index (κ3) is 1.84. The zero-order valence-corrected chi connectivity index (χ0v) is 11.6. The summed E-state index contributed by atoms with van der Waals surface area (Å²) >= 11 is 6.06. The Morgan fingerprint density at radius 1 is 0.857 bits per heavy atom. The molecule has 0 saturated carbocycles. The van der Waals surface area contributed by atoms with Crippen LogP contribution in [0, 0.1) is 0 Å². The molecule has 3 aromatic carbocycles. The second kappa shape index (κ2) is 4.50. The number of fused-ring (bicyclic) bond motifs is 5. The molecule has 0 bridgehead atoms. The fourth-order valence-corrected chi connectivity index (χ4v) is 2.98. The lowest BCUT2D eigenvalue weighted by Gasteiger charge is -2.06. The molecule has 3 nitrogen and oxygen atoms in total. The Balaban J connectivity index is 2.28. The maximum Gasteiger partial charge on any atom is 0.489 e. The van der Waals surface area contributed by atoms with Crippen molar-refractivity contribution in [2.75, 3.05) is 0 Å². The van der Waals surface area contributed by atoms with Gasteiger partial charge in [0, 0.05) is 21.2 Å². The highest BCUT2D eigenvalue weighted by atomic mass is 35.5. The standard InChI is InChI=1S/C16H10BClO3/c18-9-5-6-15-12(7-9)13-8-14(17(19)20)10-3-1-2-4-11(10)16(13)21-15/h1-8,19-20H. The van der Waals surface area contributed by atoms with Crippen molar-refractivity contribution in [1.82, 2.24) is 0 Å². The number of hydrogen-bond donors (Lipinski definition) is 2. The maximum absolute atomic E-state index is 9.64. The minimum Gasteiger partial charge on any atom is -0.455 e. The van der Waals surface area contributed by atoms with E-state index in [1.54, 1.807) is 12.1 Å². The molecule has 1 heterocycles. The fraction of sp³-hybridized carbons (Fsp3) is 0. The van der Waals surface area contributed by atoms with E-state index >= 15 is 0 Å². The van der Waals surface area contributed by atoms with Gasteiger partial charge in [-0.05, 0) is 29.0 Å². The second-order valence-corrected chi connectivity index (χ2v) is 5.44. The lowest BCUT2D eigenvalue weighted by Crippen LogP contribution is -2.30. The fourth-order valence-electron chi connectivity index (χ4n) is 2.81. The molecule has 0 radical (unpaired) electrons. The van der Waals surface area contributed by atoms with Crippen LogP contribution in [0.1, 0.15) is 0 Å². The first-order valence-electron chi connectivity index (χ1n) is 6.55. The van der Waals surface area contributed by atoms with Crippen LogP contribution in [0.4, 0.5) is 0 Å². The van der Waals surface area contributed by atoms with E-state index < -0.39 is 7.12 Å². The van der Waals surface area contributed by atoms with Crippen molar-refractivity contribution in [2.24, 2.45) is 0 Å². The highest BCUT2D eigenvalue weighted by molar-refractivity contribution is 6.62. The average Bonchev–Trinajstić information content (AvgIpc) is 2.84. The molecule has 2 N–H and O–H groups in total. The molecule has 4 aromatic rings. The van der Waals surface area contributed by atoms with E-state index in [0.29, 0.717) is 10.5 Å². The predicted octanol–water partition coefficient (Wildman–Crippen LogP) is 3.07. The Labute approximate surface area is 125 Å². The SMILES string of the molecule is OB(O)c1cc2c3cc(Cl)ccc3oc2c2ccccc12. The summed E-state index contributed by atoms with van der Waals surface area (Å²) in [7, 11) is -1.54. The van der Waals surface area contributed by atoms with Crippen LogP contribution in [0.2, 0.25) is 5.02 Å². The average molecular weight is 297 g/mol. The largest absolute Gasteiger partial charge is 0.489 e. The van der Waals surface area contributed by atoms with Gasteiger partial charge in [0.05, 0.1) is 0 Å². The van der Waals surface area contributed by atoms with Gasteiger partial charge in [-0.15, -0.1) is 0 Å². The van der Waals surface area contributed by atoms with Crippen LogP contribution in [-0.4, -0.2) is 17.2 Å². The van der Waals surface area contributed by atoms with Gasteiger partial charge in [0.15, 0.2) is 0 Å². The molecule has 0 unspecified atom stereocenters. The Kier molecular flexibility index (Phi) is 2.72. The summed E-state index contributed by atoms with van der Waals surface area (Å²) in [5, 5.41) is 23.2. The van der Waals surface area contributed by atoms with Crippen LogP contribution < -0.4 is 5.46 Å². The van der Waals surface area contributed by atoms with Gasteiger partial charge in [-0.2, -0.15) is 0 Å².